The maximum absolute atomic E-state index is 14.4. The second kappa shape index (κ2) is 36.2. The van der Waals surface area contributed by atoms with E-state index in [-0.39, 0.29) is 110 Å². The van der Waals surface area contributed by atoms with Gasteiger partial charge < -0.3 is 67.3 Å². The van der Waals surface area contributed by atoms with Gasteiger partial charge >= 0.3 is 29.6 Å². The number of nitrogens with zero attached hydrogens (tertiary/aromatic N) is 21. The number of halogens is 3. The Morgan fingerprint density at radius 1 is 0.523 bits per heavy atom. The molecule has 16 rings (SSSR count). The molecule has 3 radical (unpaired) electrons. The molecule has 12 aromatic rings. The monoisotopic (exact) mass is 1510 g/mol. The third kappa shape index (κ3) is 18.8. The maximum Gasteiger partial charge on any atom is 1.00 e. The minimum absolute atomic E-state index is 0. The molecular weight excluding hydrogens is 1420 g/mol. The minimum atomic E-state index is -0.489. The van der Waals surface area contributed by atoms with Crippen molar-refractivity contribution in [1.82, 2.24) is 88.1 Å². The van der Waals surface area contributed by atoms with Gasteiger partial charge in [-0.3, -0.25) is 14.0 Å². The van der Waals surface area contributed by atoms with Crippen LogP contribution < -0.4 is 75.7 Å². The second-order valence-electron chi connectivity index (χ2n) is 27.9. The molecule has 0 spiro atoms. The number of methoxy groups -OCH3 is 3. The van der Waals surface area contributed by atoms with E-state index < -0.39 is 17.5 Å². The van der Waals surface area contributed by atoms with Gasteiger partial charge in [0.1, 0.15) is 5.78 Å². The zero-order valence-electron chi connectivity index (χ0n) is 63.8. The van der Waals surface area contributed by atoms with E-state index in [4.69, 9.17) is 51.1 Å². The maximum atomic E-state index is 14.4. The predicted molar refractivity (Wildman–Crippen MR) is 406 cm³/mol. The molecule has 0 saturated carbocycles. The SMILES string of the molecule is C1CCOC1.COc1cc2nc(N)n3nc([C@@H]4CCCN(c5cnn(CCCC(C)=O)c5)C4)nc3c2cc1F.COc1cc2nc(N)n3nc([C@@H]4CCCN(c5cnn(CCCC(C)O)c5)C4)nc3c2cc1F.COc1cc2nc(N)n3nc([C@@H]4CCCN(c5cnn(CCCC(C)O)c5)C4)nc3c2cc1F.[B].[H-].[Na+]. The fraction of sp³-hybridized carbons (Fsp3) is 0.493. The second-order valence-corrected chi connectivity index (χ2v) is 27.9. The number of carbonyl (C=O) groups is 1. The summed E-state index contributed by atoms with van der Waals surface area (Å²) in [6, 6.07) is 8.67. The van der Waals surface area contributed by atoms with Gasteiger partial charge in [-0.25, -0.2) is 43.1 Å². The number of ketones is 1. The van der Waals surface area contributed by atoms with Gasteiger partial charge in [0.25, 0.3) is 0 Å². The zero-order chi connectivity index (χ0) is 75.0. The summed E-state index contributed by atoms with van der Waals surface area (Å²) in [5, 5.41) is 47.8. The van der Waals surface area contributed by atoms with Crippen molar-refractivity contribution in [2.75, 3.05) is 106 Å². The van der Waals surface area contributed by atoms with Crippen molar-refractivity contribution in [2.24, 2.45) is 0 Å². The van der Waals surface area contributed by atoms with Crippen LogP contribution in [0.4, 0.5) is 48.1 Å². The van der Waals surface area contributed by atoms with Crippen LogP contribution in [0.2, 0.25) is 0 Å². The van der Waals surface area contributed by atoms with Crippen LogP contribution in [-0.4, -0.2) is 199 Å². The Kier molecular flexibility index (Phi) is 26.7. The van der Waals surface area contributed by atoms with Gasteiger partial charge in [-0.05, 0) is 122 Å². The fourth-order valence-corrected chi connectivity index (χ4v) is 14.2. The van der Waals surface area contributed by atoms with E-state index in [9.17, 15) is 28.2 Å². The number of hydrogen-bond acceptors (Lipinski definition) is 25. The van der Waals surface area contributed by atoms with Gasteiger partial charge in [0.15, 0.2) is 69.1 Å². The summed E-state index contributed by atoms with van der Waals surface area (Å²) in [4.78, 5) is 45.4. The number of hydrogen-bond donors (Lipinski definition) is 5. The molecule has 3 aromatic carbocycles. The zero-order valence-corrected chi connectivity index (χ0v) is 64.8. The summed E-state index contributed by atoms with van der Waals surface area (Å²) in [6.07, 6.45) is 24.1. The Morgan fingerprint density at radius 3 is 1.13 bits per heavy atom. The number of aromatic nitrogens is 18. The number of aryl methyl sites for hydroxylation is 3. The molecule has 9 aromatic heterocycles. The number of nitrogen functional groups attached to an aromatic ring is 3. The molecule has 5 atom stereocenters. The molecule has 4 fully saturated rings. The summed E-state index contributed by atoms with van der Waals surface area (Å²) in [5.41, 5.74) is 24.6. The Labute approximate surface area is 653 Å². The van der Waals surface area contributed by atoms with Crippen molar-refractivity contribution >= 4 is 98.8 Å². The van der Waals surface area contributed by atoms with Gasteiger partial charge in [-0.2, -0.15) is 28.8 Å². The summed E-state index contributed by atoms with van der Waals surface area (Å²) in [6.45, 7) is 14.5. The van der Waals surface area contributed by atoms with Crippen molar-refractivity contribution in [3.8, 4) is 17.2 Å². The molecule has 4 aliphatic heterocycles. The topological polar surface area (TPSA) is 365 Å². The number of fused-ring (bicyclic) bond motifs is 9. The van der Waals surface area contributed by atoms with Gasteiger partial charge in [-0.1, -0.05) is 0 Å². The molecule has 36 heteroatoms. The predicted octanol–water partition coefficient (Wildman–Crippen LogP) is 5.99. The Bertz CT molecular complexity index is 4880. The van der Waals surface area contributed by atoms with E-state index in [2.05, 4.69) is 60.2 Å². The van der Waals surface area contributed by atoms with Gasteiger partial charge in [-0.15, -0.1) is 15.3 Å². The number of aliphatic hydroxyl groups excluding tert-OH is 2. The smallest absolute Gasteiger partial charge is 1.00 e. The quantitative estimate of drug-likeness (QED) is 0.0516. The van der Waals surface area contributed by atoms with Crippen LogP contribution in [-0.2, 0) is 29.2 Å². The molecule has 2 unspecified atom stereocenters. The first-order valence-electron chi connectivity index (χ1n) is 36.6. The molecule has 0 amide bonds. The van der Waals surface area contributed by atoms with Crippen LogP contribution in [0.5, 0.6) is 17.2 Å². The average molecular weight is 1510 g/mol. The Balaban J connectivity index is 0.000000167. The molecular formula is C73H94BF3N24NaO7. The van der Waals surface area contributed by atoms with Crippen molar-refractivity contribution in [1.29, 1.82) is 0 Å². The van der Waals surface area contributed by atoms with Gasteiger partial charge in [0.05, 0.1) is 85.7 Å². The molecule has 8 N–H and O–H groups in total. The van der Waals surface area contributed by atoms with E-state index in [1.807, 2.05) is 51.2 Å². The van der Waals surface area contributed by atoms with E-state index in [0.717, 1.165) is 153 Å². The van der Waals surface area contributed by atoms with Gasteiger partial charge in [0, 0.05) is 158 Å². The summed E-state index contributed by atoms with van der Waals surface area (Å²) < 4.78 is 73.5. The number of piperidine rings is 3. The standard InChI is InChI=1S/2C23H29FN8O2.C23H27FN8O2.C4H8O.B.Na.H/c3*1-14(33)5-3-8-31-13-16(11-26-31)30-7-4-6-15(12-30)21-28-22-17-9-18(24)20(34-2)10-19(17)27-23(25)32(22)29-21;1-2-4-5-3-1;;;/h2*9-11,13-15,33H,3-8,12H2,1-2H3,(H2,25,27);9-11,13,15H,3-8,12H2,1-2H3,(H2,25,27);1-4H2;;;/q;;;;;+1;-1/t2*14?,15-;15-;;;;/m111..../s1. The van der Waals surface area contributed by atoms with E-state index in [0.29, 0.717) is 80.1 Å². The third-order valence-corrected chi connectivity index (χ3v) is 19.8. The van der Waals surface area contributed by atoms with E-state index in [1.54, 1.807) is 20.8 Å². The molecule has 31 nitrogen and oxygen atoms in total. The van der Waals surface area contributed by atoms with Crippen LogP contribution in [0.25, 0.3) is 49.7 Å². The first kappa shape index (κ1) is 80.3. The Hall–Kier alpha value is -9.68. The molecule has 13 heterocycles. The van der Waals surface area contributed by atoms with Crippen LogP contribution in [0.3, 0.4) is 0 Å². The largest absolute Gasteiger partial charge is 1.00 e. The number of carbonyl (C=O) groups excluding carboxylic acids is 1. The number of nitrogens with two attached hydrogens (primary N) is 3. The molecule has 0 aliphatic carbocycles. The van der Waals surface area contributed by atoms with Crippen LogP contribution in [0.15, 0.2) is 73.6 Å². The number of rotatable bonds is 21. The third-order valence-electron chi connectivity index (χ3n) is 19.8. The number of aliphatic hydroxyl groups is 2. The molecule has 0 bridgehead atoms. The Morgan fingerprint density at radius 2 is 0.844 bits per heavy atom. The summed E-state index contributed by atoms with van der Waals surface area (Å²) in [7, 11) is 4.23. The number of ether oxygens (including phenoxy) is 4. The fourth-order valence-electron chi connectivity index (χ4n) is 14.2. The average Bonchev–Trinajstić information content (AvgIpc) is 1.56. The van der Waals surface area contributed by atoms with E-state index in [1.165, 1.54) is 84.1 Å². The first-order valence-corrected chi connectivity index (χ1v) is 36.6. The summed E-state index contributed by atoms with van der Waals surface area (Å²) >= 11 is 0. The van der Waals surface area contributed by atoms with Gasteiger partial charge in [0.2, 0.25) is 17.8 Å². The molecule has 109 heavy (non-hydrogen) atoms. The van der Waals surface area contributed by atoms with E-state index >= 15 is 0 Å². The van der Waals surface area contributed by atoms with Crippen LogP contribution in [0, 0.1) is 17.5 Å². The molecule has 4 aliphatic rings. The minimum Gasteiger partial charge on any atom is -1.00 e. The van der Waals surface area contributed by atoms with Crippen molar-refractivity contribution < 1.29 is 78.1 Å². The first-order chi connectivity index (χ1) is 51.8. The normalized spacial score (nSPS) is 17.2. The molecule has 573 valence electrons. The molecule has 4 saturated heterocycles. The number of anilines is 6. The number of Topliss-reactive ketones (excluding diaryl/α,β-unsaturated/α-hetero) is 1. The van der Waals surface area contributed by atoms with Crippen LogP contribution in [0.1, 0.15) is 147 Å². The van der Waals surface area contributed by atoms with Crippen molar-refractivity contribution in [2.45, 2.75) is 160 Å². The van der Waals surface area contributed by atoms with Crippen molar-refractivity contribution in [3.63, 3.8) is 0 Å². The van der Waals surface area contributed by atoms with Crippen molar-refractivity contribution in [3.05, 3.63) is 109 Å². The van der Waals surface area contributed by atoms with Crippen LogP contribution >= 0.6 is 0 Å². The summed E-state index contributed by atoms with van der Waals surface area (Å²) in [5.74, 6) is 1.94. The number of benzene rings is 3.